The molecule has 7 nitrogen and oxygen atoms in total. The molecule has 0 fully saturated rings. The maximum absolute atomic E-state index is 12.4. The van der Waals surface area contributed by atoms with Crippen LogP contribution in [0.2, 0.25) is 0 Å². The zero-order valence-corrected chi connectivity index (χ0v) is 17.4. The van der Waals surface area contributed by atoms with Gasteiger partial charge in [-0.15, -0.1) is 0 Å². The molecule has 0 radical (unpaired) electrons. The second-order valence-corrected chi connectivity index (χ2v) is 8.22. The Hall–Kier alpha value is -3.39. The van der Waals surface area contributed by atoms with Crippen LogP contribution in [0.3, 0.4) is 0 Å². The molecule has 1 amide bonds. The van der Waals surface area contributed by atoms with Crippen LogP contribution in [0.1, 0.15) is 30.1 Å². The van der Waals surface area contributed by atoms with E-state index in [1.54, 1.807) is 54.6 Å². The Bertz CT molecular complexity index is 1070. The Morgan fingerprint density at radius 2 is 1.73 bits per heavy atom. The summed E-state index contributed by atoms with van der Waals surface area (Å²) < 4.78 is 32.9. The van der Waals surface area contributed by atoms with Gasteiger partial charge in [0.1, 0.15) is 5.75 Å². The molecule has 0 aliphatic carbocycles. The molecule has 30 heavy (non-hydrogen) atoms. The van der Waals surface area contributed by atoms with E-state index in [4.69, 9.17) is 4.74 Å². The van der Waals surface area contributed by atoms with Crippen molar-refractivity contribution in [2.75, 3.05) is 11.3 Å². The molecule has 2 aromatic carbocycles. The van der Waals surface area contributed by atoms with E-state index in [0.29, 0.717) is 29.4 Å². The molecular weight excluding hydrogens is 402 g/mol. The third-order valence-electron chi connectivity index (χ3n) is 4.20. The molecule has 0 spiro atoms. The van der Waals surface area contributed by atoms with Gasteiger partial charge in [0.15, 0.2) is 0 Å². The summed E-state index contributed by atoms with van der Waals surface area (Å²) in [6.07, 6.45) is 3.40. The van der Waals surface area contributed by atoms with Crippen molar-refractivity contribution in [3.05, 3.63) is 78.5 Å². The summed E-state index contributed by atoms with van der Waals surface area (Å²) in [5.41, 5.74) is 0.877. The minimum absolute atomic E-state index is 0.169. The van der Waals surface area contributed by atoms with Crippen LogP contribution in [0, 0.1) is 0 Å². The van der Waals surface area contributed by atoms with Crippen LogP contribution in [-0.4, -0.2) is 25.9 Å². The van der Waals surface area contributed by atoms with Gasteiger partial charge in [0.25, 0.3) is 15.9 Å². The molecule has 8 heteroatoms. The van der Waals surface area contributed by atoms with Crippen LogP contribution in [0.5, 0.6) is 11.6 Å². The van der Waals surface area contributed by atoms with Gasteiger partial charge in [-0.05, 0) is 48.9 Å². The first-order chi connectivity index (χ1) is 14.5. The summed E-state index contributed by atoms with van der Waals surface area (Å²) in [4.78, 5) is 16.3. The molecule has 0 bridgehead atoms. The minimum atomic E-state index is -3.65. The highest BCUT2D eigenvalue weighted by molar-refractivity contribution is 7.92. The first kappa shape index (κ1) is 21.3. The van der Waals surface area contributed by atoms with Gasteiger partial charge in [-0.2, -0.15) is 0 Å². The van der Waals surface area contributed by atoms with E-state index >= 15 is 0 Å². The number of carbonyl (C=O) groups is 1. The summed E-state index contributed by atoms with van der Waals surface area (Å²) in [6.45, 7) is 2.69. The van der Waals surface area contributed by atoms with E-state index in [1.807, 2.05) is 0 Å². The van der Waals surface area contributed by atoms with Gasteiger partial charge in [0.2, 0.25) is 5.88 Å². The number of carbonyl (C=O) groups excluding carboxylic acids is 1. The van der Waals surface area contributed by atoms with Crippen molar-refractivity contribution in [3.8, 4) is 11.6 Å². The lowest BCUT2D eigenvalue weighted by Gasteiger charge is -2.09. The monoisotopic (exact) mass is 425 g/mol. The number of aromatic nitrogens is 1. The number of benzene rings is 2. The van der Waals surface area contributed by atoms with Crippen LogP contribution in [0.15, 0.2) is 77.8 Å². The third kappa shape index (κ3) is 5.81. The minimum Gasteiger partial charge on any atom is -0.439 e. The Balaban J connectivity index is 1.60. The molecule has 1 heterocycles. The maximum atomic E-state index is 12.4. The summed E-state index contributed by atoms with van der Waals surface area (Å²) in [7, 11) is -3.65. The third-order valence-corrected chi connectivity index (χ3v) is 5.59. The SMILES string of the molecule is CCCCNC(=O)c1ccc(Oc2ccc(NS(=O)(=O)c3ccccc3)cc2)nc1. The number of amides is 1. The molecule has 156 valence electrons. The fourth-order valence-corrected chi connectivity index (χ4v) is 3.66. The van der Waals surface area contributed by atoms with Gasteiger partial charge < -0.3 is 10.1 Å². The summed E-state index contributed by atoms with van der Waals surface area (Å²) in [6, 6.07) is 17.9. The first-order valence-corrected chi connectivity index (χ1v) is 11.1. The van der Waals surface area contributed by atoms with E-state index in [2.05, 4.69) is 21.9 Å². The quantitative estimate of drug-likeness (QED) is 0.501. The average molecular weight is 426 g/mol. The van der Waals surface area contributed by atoms with Crippen LogP contribution in [0.25, 0.3) is 0 Å². The van der Waals surface area contributed by atoms with Crippen molar-refractivity contribution in [1.29, 1.82) is 0 Å². The number of hydrogen-bond acceptors (Lipinski definition) is 5. The van der Waals surface area contributed by atoms with Crippen LogP contribution < -0.4 is 14.8 Å². The molecule has 3 rings (SSSR count). The van der Waals surface area contributed by atoms with Crippen molar-refractivity contribution in [1.82, 2.24) is 10.3 Å². The molecule has 0 saturated carbocycles. The fourth-order valence-electron chi connectivity index (χ4n) is 2.58. The lowest BCUT2D eigenvalue weighted by Crippen LogP contribution is -2.24. The number of pyridine rings is 1. The Labute approximate surface area is 176 Å². The molecule has 3 aromatic rings. The molecule has 0 unspecified atom stereocenters. The van der Waals surface area contributed by atoms with Gasteiger partial charge in [-0.1, -0.05) is 31.5 Å². The van der Waals surface area contributed by atoms with E-state index in [-0.39, 0.29) is 10.8 Å². The van der Waals surface area contributed by atoms with Gasteiger partial charge >= 0.3 is 0 Å². The molecule has 0 aliphatic rings. The van der Waals surface area contributed by atoms with Crippen LogP contribution in [-0.2, 0) is 10.0 Å². The van der Waals surface area contributed by atoms with Gasteiger partial charge in [0, 0.05) is 24.5 Å². The van der Waals surface area contributed by atoms with Crippen LogP contribution >= 0.6 is 0 Å². The smallest absolute Gasteiger partial charge is 0.261 e. The number of hydrogen-bond donors (Lipinski definition) is 2. The number of sulfonamides is 1. The Morgan fingerprint density at radius 3 is 2.37 bits per heavy atom. The van der Waals surface area contributed by atoms with E-state index in [1.165, 1.54) is 18.3 Å². The normalized spacial score (nSPS) is 11.0. The van der Waals surface area contributed by atoms with Gasteiger partial charge in [-0.3, -0.25) is 9.52 Å². The number of unbranched alkanes of at least 4 members (excludes halogenated alkanes) is 1. The molecule has 1 aromatic heterocycles. The molecule has 0 aliphatic heterocycles. The number of rotatable bonds is 9. The predicted molar refractivity (Wildman–Crippen MR) is 115 cm³/mol. The highest BCUT2D eigenvalue weighted by Crippen LogP contribution is 2.23. The summed E-state index contributed by atoms with van der Waals surface area (Å²) >= 11 is 0. The zero-order valence-electron chi connectivity index (χ0n) is 16.5. The van der Waals surface area contributed by atoms with E-state index in [0.717, 1.165) is 12.8 Å². The second kappa shape index (κ2) is 9.89. The first-order valence-electron chi connectivity index (χ1n) is 9.58. The lowest BCUT2D eigenvalue weighted by molar-refractivity contribution is 0.0952. The van der Waals surface area contributed by atoms with Crippen molar-refractivity contribution < 1.29 is 17.9 Å². The van der Waals surface area contributed by atoms with Crippen LogP contribution in [0.4, 0.5) is 5.69 Å². The summed E-state index contributed by atoms with van der Waals surface area (Å²) in [5, 5.41) is 2.83. The Kier molecular flexibility index (Phi) is 7.03. The largest absolute Gasteiger partial charge is 0.439 e. The highest BCUT2D eigenvalue weighted by atomic mass is 32.2. The van der Waals surface area contributed by atoms with E-state index < -0.39 is 10.0 Å². The standard InChI is InChI=1S/C22H23N3O4S/c1-2-3-15-23-22(26)17-9-14-21(24-16-17)29-19-12-10-18(11-13-19)25-30(27,28)20-7-5-4-6-8-20/h4-14,16,25H,2-3,15H2,1H3,(H,23,26). The highest BCUT2D eigenvalue weighted by Gasteiger charge is 2.13. The fraction of sp³-hybridized carbons (Fsp3) is 0.182. The predicted octanol–water partition coefficient (Wildman–Crippen LogP) is 4.20. The molecule has 0 atom stereocenters. The van der Waals surface area contributed by atoms with Crippen molar-refractivity contribution >= 4 is 21.6 Å². The lowest BCUT2D eigenvalue weighted by atomic mass is 10.2. The van der Waals surface area contributed by atoms with E-state index in [9.17, 15) is 13.2 Å². The number of ether oxygens (including phenoxy) is 1. The van der Waals surface area contributed by atoms with Gasteiger partial charge in [0.05, 0.1) is 10.5 Å². The Morgan fingerprint density at radius 1 is 1.00 bits per heavy atom. The van der Waals surface area contributed by atoms with Gasteiger partial charge in [-0.25, -0.2) is 13.4 Å². The molecular formula is C22H23N3O4S. The molecule has 0 saturated heterocycles. The number of nitrogens with zero attached hydrogens (tertiary/aromatic N) is 1. The summed E-state index contributed by atoms with van der Waals surface area (Å²) in [5.74, 6) is 0.653. The maximum Gasteiger partial charge on any atom is 0.261 e. The molecule has 2 N–H and O–H groups in total. The average Bonchev–Trinajstić information content (AvgIpc) is 2.76. The second-order valence-electron chi connectivity index (χ2n) is 6.54. The van der Waals surface area contributed by atoms with Crippen molar-refractivity contribution in [2.24, 2.45) is 0 Å². The van der Waals surface area contributed by atoms with Crippen molar-refractivity contribution in [3.63, 3.8) is 0 Å². The topological polar surface area (TPSA) is 97.4 Å². The van der Waals surface area contributed by atoms with Crippen molar-refractivity contribution in [2.45, 2.75) is 24.7 Å². The number of nitrogens with one attached hydrogen (secondary N) is 2. The number of anilines is 1. The zero-order chi connectivity index (χ0) is 21.4.